The van der Waals surface area contributed by atoms with Gasteiger partial charge >= 0.3 is 0 Å². The summed E-state index contributed by atoms with van der Waals surface area (Å²) >= 11 is 0. The summed E-state index contributed by atoms with van der Waals surface area (Å²) in [7, 11) is 0. The van der Waals surface area contributed by atoms with E-state index in [-0.39, 0.29) is 5.91 Å². The number of piperazine rings is 1. The van der Waals surface area contributed by atoms with Gasteiger partial charge in [-0.2, -0.15) is 5.26 Å². The molecule has 2 heterocycles. The highest BCUT2D eigenvalue weighted by molar-refractivity contribution is 6.04. The van der Waals surface area contributed by atoms with E-state index in [1.54, 1.807) is 24.3 Å². The van der Waals surface area contributed by atoms with Crippen molar-refractivity contribution in [1.29, 1.82) is 5.26 Å². The topological polar surface area (TPSA) is 85.1 Å². The Morgan fingerprint density at radius 2 is 1.52 bits per heavy atom. The van der Waals surface area contributed by atoms with Gasteiger partial charge in [0.05, 0.1) is 16.8 Å². The Morgan fingerprint density at radius 1 is 0.897 bits per heavy atom. The van der Waals surface area contributed by atoms with Crippen LogP contribution in [0.2, 0.25) is 0 Å². The maximum atomic E-state index is 12.4. The number of carbonyl (C=O) groups excluding carboxylic acids is 1. The van der Waals surface area contributed by atoms with E-state index in [1.807, 2.05) is 18.2 Å². The molecular weight excluding hydrogens is 364 g/mol. The van der Waals surface area contributed by atoms with Crippen molar-refractivity contribution in [2.24, 2.45) is 0 Å². The van der Waals surface area contributed by atoms with E-state index in [1.165, 1.54) is 18.1 Å². The first-order valence-electron chi connectivity index (χ1n) is 9.42. The summed E-state index contributed by atoms with van der Waals surface area (Å²) in [6, 6.07) is 19.3. The molecule has 0 spiro atoms. The average molecular weight is 384 g/mol. The largest absolute Gasteiger partial charge is 0.368 e. The van der Waals surface area contributed by atoms with Gasteiger partial charge < -0.3 is 15.1 Å². The summed E-state index contributed by atoms with van der Waals surface area (Å²) in [6.45, 7) is 3.41. The molecule has 0 radical (unpaired) electrons. The Labute approximate surface area is 169 Å². The van der Waals surface area contributed by atoms with Gasteiger partial charge in [0.1, 0.15) is 6.07 Å². The SMILES string of the molecule is N#Cc1ccccc1NC(=O)c1cnc(N2CCN(c3ccccc3)CC2)nc1. The number of anilines is 3. The molecule has 0 aliphatic carbocycles. The number of hydrogen-bond donors (Lipinski definition) is 1. The summed E-state index contributed by atoms with van der Waals surface area (Å²) in [5.41, 5.74) is 2.46. The third kappa shape index (κ3) is 4.17. The van der Waals surface area contributed by atoms with Crippen LogP contribution in [-0.4, -0.2) is 42.1 Å². The first-order chi connectivity index (χ1) is 14.2. The number of nitrogens with zero attached hydrogens (tertiary/aromatic N) is 5. The first-order valence-corrected chi connectivity index (χ1v) is 9.42. The van der Waals surface area contributed by atoms with Crippen LogP contribution in [0.25, 0.3) is 0 Å². The second-order valence-electron chi connectivity index (χ2n) is 6.69. The molecule has 7 nitrogen and oxygen atoms in total. The van der Waals surface area contributed by atoms with Gasteiger partial charge in [-0.15, -0.1) is 0 Å². The Balaban J connectivity index is 1.38. The fourth-order valence-electron chi connectivity index (χ4n) is 3.29. The monoisotopic (exact) mass is 384 g/mol. The van der Waals surface area contributed by atoms with Crippen molar-refractivity contribution >= 4 is 23.2 Å². The summed E-state index contributed by atoms with van der Waals surface area (Å²) < 4.78 is 0. The molecule has 0 atom stereocenters. The van der Waals surface area contributed by atoms with Crippen molar-refractivity contribution < 1.29 is 4.79 Å². The molecule has 1 N–H and O–H groups in total. The fraction of sp³-hybridized carbons (Fsp3) is 0.182. The Morgan fingerprint density at radius 3 is 2.21 bits per heavy atom. The van der Waals surface area contributed by atoms with Crippen LogP contribution in [0.3, 0.4) is 0 Å². The summed E-state index contributed by atoms with van der Waals surface area (Å²) in [6.07, 6.45) is 3.05. The van der Waals surface area contributed by atoms with Crippen LogP contribution in [0.5, 0.6) is 0 Å². The van der Waals surface area contributed by atoms with Crippen LogP contribution in [0, 0.1) is 11.3 Å². The highest BCUT2D eigenvalue weighted by Crippen LogP contribution is 2.18. The predicted octanol–water partition coefficient (Wildman–Crippen LogP) is 2.93. The number of amides is 1. The second-order valence-corrected chi connectivity index (χ2v) is 6.69. The highest BCUT2D eigenvalue weighted by atomic mass is 16.1. The summed E-state index contributed by atoms with van der Waals surface area (Å²) in [5.74, 6) is 0.278. The van der Waals surface area contributed by atoms with Gasteiger partial charge in [0.2, 0.25) is 5.95 Å². The molecule has 7 heteroatoms. The van der Waals surface area contributed by atoms with E-state index >= 15 is 0 Å². The Hall–Kier alpha value is -3.92. The molecule has 3 aromatic rings. The van der Waals surface area contributed by atoms with Crippen molar-refractivity contribution in [3.05, 3.63) is 78.1 Å². The predicted molar refractivity (Wildman–Crippen MR) is 112 cm³/mol. The van der Waals surface area contributed by atoms with Gasteiger partial charge in [-0.25, -0.2) is 9.97 Å². The zero-order valence-corrected chi connectivity index (χ0v) is 15.8. The average Bonchev–Trinajstić information content (AvgIpc) is 2.80. The van der Waals surface area contributed by atoms with E-state index in [9.17, 15) is 4.79 Å². The zero-order chi connectivity index (χ0) is 20.1. The van der Waals surface area contributed by atoms with Crippen molar-refractivity contribution in [2.75, 3.05) is 41.3 Å². The van der Waals surface area contributed by atoms with Gasteiger partial charge in [-0.1, -0.05) is 30.3 Å². The van der Waals surface area contributed by atoms with Crippen molar-refractivity contribution in [3.63, 3.8) is 0 Å². The lowest BCUT2D eigenvalue weighted by atomic mass is 10.2. The van der Waals surface area contributed by atoms with E-state index < -0.39 is 0 Å². The minimum absolute atomic E-state index is 0.340. The quantitative estimate of drug-likeness (QED) is 0.744. The van der Waals surface area contributed by atoms with E-state index in [0.717, 1.165) is 26.2 Å². The maximum absolute atomic E-state index is 12.4. The third-order valence-corrected chi connectivity index (χ3v) is 4.88. The van der Waals surface area contributed by atoms with Gasteiger partial charge in [0.15, 0.2) is 0 Å². The number of para-hydroxylation sites is 2. The molecule has 1 amide bonds. The normalized spacial score (nSPS) is 13.6. The number of nitrogens with one attached hydrogen (secondary N) is 1. The minimum Gasteiger partial charge on any atom is -0.368 e. The number of carbonyl (C=O) groups is 1. The van der Waals surface area contributed by atoms with Crippen LogP contribution in [0.15, 0.2) is 67.0 Å². The molecule has 0 bridgehead atoms. The van der Waals surface area contributed by atoms with Crippen molar-refractivity contribution in [3.8, 4) is 6.07 Å². The third-order valence-electron chi connectivity index (χ3n) is 4.88. The van der Waals surface area contributed by atoms with Gasteiger partial charge in [0.25, 0.3) is 5.91 Å². The molecule has 1 aliphatic heterocycles. The molecule has 144 valence electrons. The van der Waals surface area contributed by atoms with Crippen LogP contribution in [0.1, 0.15) is 15.9 Å². The lowest BCUT2D eigenvalue weighted by Gasteiger charge is -2.36. The van der Waals surface area contributed by atoms with E-state index in [0.29, 0.717) is 22.8 Å². The zero-order valence-electron chi connectivity index (χ0n) is 15.8. The molecule has 2 aromatic carbocycles. The first kappa shape index (κ1) is 18.4. The standard InChI is InChI=1S/C22H20N6O/c23-14-17-6-4-5-9-20(17)26-21(29)18-15-24-22(25-16-18)28-12-10-27(11-13-28)19-7-2-1-3-8-19/h1-9,15-16H,10-13H2,(H,26,29). The molecule has 29 heavy (non-hydrogen) atoms. The summed E-state index contributed by atoms with van der Waals surface area (Å²) in [4.78, 5) is 25.7. The molecule has 1 saturated heterocycles. The minimum atomic E-state index is -0.340. The van der Waals surface area contributed by atoms with E-state index in [2.05, 4.69) is 43.3 Å². The highest BCUT2D eigenvalue weighted by Gasteiger charge is 2.19. The smallest absolute Gasteiger partial charge is 0.258 e. The fourth-order valence-corrected chi connectivity index (χ4v) is 3.29. The maximum Gasteiger partial charge on any atom is 0.258 e. The van der Waals surface area contributed by atoms with Gasteiger partial charge in [-0.05, 0) is 24.3 Å². The van der Waals surface area contributed by atoms with Gasteiger partial charge in [0, 0.05) is 44.3 Å². The molecular formula is C22H20N6O. The molecule has 1 fully saturated rings. The number of rotatable bonds is 4. The number of nitriles is 1. The molecule has 0 unspecified atom stereocenters. The second kappa shape index (κ2) is 8.40. The molecule has 1 aliphatic rings. The number of benzene rings is 2. The van der Waals surface area contributed by atoms with E-state index in [4.69, 9.17) is 5.26 Å². The lowest BCUT2D eigenvalue weighted by molar-refractivity contribution is 0.102. The van der Waals surface area contributed by atoms with Crippen LogP contribution < -0.4 is 15.1 Å². The van der Waals surface area contributed by atoms with Crippen molar-refractivity contribution in [1.82, 2.24) is 9.97 Å². The van der Waals surface area contributed by atoms with Crippen LogP contribution in [0.4, 0.5) is 17.3 Å². The number of aromatic nitrogens is 2. The lowest BCUT2D eigenvalue weighted by Crippen LogP contribution is -2.47. The summed E-state index contributed by atoms with van der Waals surface area (Å²) in [5, 5.41) is 11.9. The Bertz CT molecular complexity index is 1020. The van der Waals surface area contributed by atoms with Crippen LogP contribution >= 0.6 is 0 Å². The van der Waals surface area contributed by atoms with Gasteiger partial charge in [-0.3, -0.25) is 4.79 Å². The molecule has 0 saturated carbocycles. The Kier molecular flexibility index (Phi) is 5.34. The van der Waals surface area contributed by atoms with Crippen molar-refractivity contribution in [2.45, 2.75) is 0 Å². The molecule has 1 aromatic heterocycles. The number of hydrogen-bond acceptors (Lipinski definition) is 6. The molecule has 4 rings (SSSR count). The van der Waals surface area contributed by atoms with Crippen LogP contribution in [-0.2, 0) is 0 Å².